The molecule has 4 rings (SSSR count). The first kappa shape index (κ1) is 15.7. The van der Waals surface area contributed by atoms with E-state index in [0.717, 1.165) is 34.6 Å². The van der Waals surface area contributed by atoms with Crippen LogP contribution in [0.25, 0.3) is 0 Å². The van der Waals surface area contributed by atoms with Crippen LogP contribution in [0.1, 0.15) is 28.4 Å². The van der Waals surface area contributed by atoms with Crippen LogP contribution in [-0.2, 0) is 13.0 Å². The van der Waals surface area contributed by atoms with Gasteiger partial charge in [0.15, 0.2) is 0 Å². The van der Waals surface area contributed by atoms with Crippen LogP contribution in [0.15, 0.2) is 72.8 Å². The zero-order valence-electron chi connectivity index (χ0n) is 13.9. The summed E-state index contributed by atoms with van der Waals surface area (Å²) >= 11 is 0. The molecular weight excluding hydrogens is 312 g/mol. The van der Waals surface area contributed by atoms with Crippen molar-refractivity contribution in [3.05, 3.63) is 95.1 Å². The van der Waals surface area contributed by atoms with Gasteiger partial charge in [-0.05, 0) is 28.8 Å². The molecule has 1 atom stereocenters. The van der Waals surface area contributed by atoms with Crippen LogP contribution < -0.4 is 9.47 Å². The van der Waals surface area contributed by atoms with Gasteiger partial charge >= 0.3 is 0 Å². The molecular formula is C22H20O3. The number of benzene rings is 3. The number of hydrogen-bond donors (Lipinski definition) is 1. The Morgan fingerprint density at radius 1 is 0.920 bits per heavy atom. The number of aliphatic hydroxyl groups is 1. The van der Waals surface area contributed by atoms with Gasteiger partial charge in [-0.15, -0.1) is 0 Å². The first-order valence-corrected chi connectivity index (χ1v) is 8.50. The molecule has 1 heterocycles. The third-order valence-electron chi connectivity index (χ3n) is 4.48. The van der Waals surface area contributed by atoms with Crippen molar-refractivity contribution in [2.75, 3.05) is 6.61 Å². The Morgan fingerprint density at radius 2 is 1.72 bits per heavy atom. The molecule has 0 aliphatic carbocycles. The molecule has 3 heteroatoms. The maximum Gasteiger partial charge on any atom is 0.128 e. The van der Waals surface area contributed by atoms with Gasteiger partial charge in [0.05, 0.1) is 6.61 Å². The Hall–Kier alpha value is -2.78. The van der Waals surface area contributed by atoms with Gasteiger partial charge in [0.2, 0.25) is 0 Å². The van der Waals surface area contributed by atoms with Crippen LogP contribution in [0.5, 0.6) is 11.5 Å². The predicted octanol–water partition coefficient (Wildman–Crippen LogP) is 4.28. The van der Waals surface area contributed by atoms with Gasteiger partial charge in [-0.3, -0.25) is 0 Å². The molecule has 25 heavy (non-hydrogen) atoms. The van der Waals surface area contributed by atoms with E-state index in [4.69, 9.17) is 9.47 Å². The van der Waals surface area contributed by atoms with Crippen LogP contribution >= 0.6 is 0 Å². The van der Waals surface area contributed by atoms with Crippen LogP contribution in [0.3, 0.4) is 0 Å². The first-order valence-electron chi connectivity index (χ1n) is 8.50. The van der Waals surface area contributed by atoms with Crippen molar-refractivity contribution < 1.29 is 14.6 Å². The van der Waals surface area contributed by atoms with Crippen molar-refractivity contribution in [1.82, 2.24) is 0 Å². The zero-order valence-corrected chi connectivity index (χ0v) is 13.9. The average molecular weight is 332 g/mol. The first-order chi connectivity index (χ1) is 12.3. The average Bonchev–Trinajstić information content (AvgIpc) is 3.16. The summed E-state index contributed by atoms with van der Waals surface area (Å²) in [5.41, 5.74) is 3.95. The third-order valence-corrected chi connectivity index (χ3v) is 4.48. The Labute approximate surface area is 147 Å². The van der Waals surface area contributed by atoms with Gasteiger partial charge in [0, 0.05) is 12.0 Å². The summed E-state index contributed by atoms with van der Waals surface area (Å²) in [6.07, 6.45) is 0.207. The molecule has 3 aromatic rings. The zero-order chi connectivity index (χ0) is 17.1. The van der Waals surface area contributed by atoms with Gasteiger partial charge in [-0.2, -0.15) is 0 Å². The molecule has 3 nitrogen and oxygen atoms in total. The standard InChI is InChI=1S/C22H20O3/c23-21(20-8-4-7-18-13-14-24-22(18)20)17-9-11-19(12-10-17)25-15-16-5-2-1-3-6-16/h1-12,21,23H,13-15H2. The van der Waals surface area contributed by atoms with Crippen molar-refractivity contribution in [3.63, 3.8) is 0 Å². The summed E-state index contributed by atoms with van der Waals surface area (Å²) in [5.74, 6) is 1.62. The Balaban J connectivity index is 1.48. The second-order valence-corrected chi connectivity index (χ2v) is 6.18. The quantitative estimate of drug-likeness (QED) is 0.758. The fourth-order valence-corrected chi connectivity index (χ4v) is 3.12. The van der Waals surface area contributed by atoms with Gasteiger partial charge in [0.25, 0.3) is 0 Å². The number of para-hydroxylation sites is 1. The van der Waals surface area contributed by atoms with Crippen molar-refractivity contribution in [2.24, 2.45) is 0 Å². The highest BCUT2D eigenvalue weighted by Crippen LogP contribution is 2.36. The van der Waals surface area contributed by atoms with Crippen molar-refractivity contribution in [3.8, 4) is 11.5 Å². The van der Waals surface area contributed by atoms with E-state index in [1.807, 2.05) is 66.7 Å². The molecule has 1 aliphatic rings. The minimum absolute atomic E-state index is 0.531. The summed E-state index contributed by atoms with van der Waals surface area (Å²) in [6.45, 7) is 1.22. The third kappa shape index (κ3) is 3.37. The second-order valence-electron chi connectivity index (χ2n) is 6.18. The second kappa shape index (κ2) is 6.99. The maximum atomic E-state index is 10.7. The highest BCUT2D eigenvalue weighted by atomic mass is 16.5. The van der Waals surface area contributed by atoms with Gasteiger partial charge in [-0.1, -0.05) is 60.7 Å². The van der Waals surface area contributed by atoms with E-state index >= 15 is 0 Å². The van der Waals surface area contributed by atoms with Crippen LogP contribution in [0.4, 0.5) is 0 Å². The lowest BCUT2D eigenvalue weighted by molar-refractivity contribution is 0.213. The molecule has 0 bridgehead atoms. The van der Waals surface area contributed by atoms with Crippen molar-refractivity contribution >= 4 is 0 Å². The van der Waals surface area contributed by atoms with Crippen LogP contribution in [0, 0.1) is 0 Å². The summed E-state index contributed by atoms with van der Waals surface area (Å²) < 4.78 is 11.5. The lowest BCUT2D eigenvalue weighted by atomic mass is 9.98. The van der Waals surface area contributed by atoms with E-state index in [1.54, 1.807) is 0 Å². The molecule has 0 aromatic heterocycles. The lowest BCUT2D eigenvalue weighted by Gasteiger charge is -2.15. The van der Waals surface area contributed by atoms with E-state index in [0.29, 0.717) is 13.2 Å². The van der Waals surface area contributed by atoms with Crippen molar-refractivity contribution in [1.29, 1.82) is 0 Å². The SMILES string of the molecule is OC(c1ccc(OCc2ccccc2)cc1)c1cccc2c1OCC2. The Bertz CT molecular complexity index is 841. The summed E-state index contributed by atoms with van der Waals surface area (Å²) in [6, 6.07) is 23.6. The molecule has 1 aliphatic heterocycles. The minimum atomic E-state index is -0.698. The van der Waals surface area contributed by atoms with Gasteiger partial charge < -0.3 is 14.6 Å². The summed E-state index contributed by atoms with van der Waals surface area (Å²) in [4.78, 5) is 0. The molecule has 3 aromatic carbocycles. The molecule has 1 unspecified atom stereocenters. The van der Waals surface area contributed by atoms with Gasteiger partial charge in [-0.25, -0.2) is 0 Å². The molecule has 126 valence electrons. The smallest absolute Gasteiger partial charge is 0.128 e. The van der Waals surface area contributed by atoms with Crippen molar-refractivity contribution in [2.45, 2.75) is 19.1 Å². The normalized spacial score (nSPS) is 13.8. The highest BCUT2D eigenvalue weighted by Gasteiger charge is 2.21. The number of hydrogen-bond acceptors (Lipinski definition) is 3. The Morgan fingerprint density at radius 3 is 2.52 bits per heavy atom. The fourth-order valence-electron chi connectivity index (χ4n) is 3.12. The topological polar surface area (TPSA) is 38.7 Å². The maximum absolute atomic E-state index is 10.7. The number of rotatable bonds is 5. The monoisotopic (exact) mass is 332 g/mol. The van der Waals surface area contributed by atoms with E-state index in [9.17, 15) is 5.11 Å². The number of ether oxygens (including phenoxy) is 2. The largest absolute Gasteiger partial charge is 0.493 e. The fraction of sp³-hybridized carbons (Fsp3) is 0.182. The minimum Gasteiger partial charge on any atom is -0.493 e. The van der Waals surface area contributed by atoms with Crippen LogP contribution in [0.2, 0.25) is 0 Å². The molecule has 0 saturated heterocycles. The summed E-state index contributed by atoms with van der Waals surface area (Å²) in [5, 5.41) is 10.7. The molecule has 0 saturated carbocycles. The van der Waals surface area contributed by atoms with E-state index in [1.165, 1.54) is 5.56 Å². The van der Waals surface area contributed by atoms with Crippen LogP contribution in [-0.4, -0.2) is 11.7 Å². The number of fused-ring (bicyclic) bond motifs is 1. The predicted molar refractivity (Wildman–Crippen MR) is 96.9 cm³/mol. The molecule has 0 fully saturated rings. The molecule has 0 amide bonds. The number of aliphatic hydroxyl groups excluding tert-OH is 1. The van der Waals surface area contributed by atoms with E-state index in [2.05, 4.69) is 6.07 Å². The lowest BCUT2D eigenvalue weighted by Crippen LogP contribution is -2.02. The molecule has 0 spiro atoms. The highest BCUT2D eigenvalue weighted by molar-refractivity contribution is 5.48. The molecule has 1 N–H and O–H groups in total. The van der Waals surface area contributed by atoms with E-state index in [-0.39, 0.29) is 0 Å². The van der Waals surface area contributed by atoms with Gasteiger partial charge in [0.1, 0.15) is 24.2 Å². The summed E-state index contributed by atoms with van der Waals surface area (Å²) in [7, 11) is 0. The Kier molecular flexibility index (Phi) is 4.40. The molecule has 0 radical (unpaired) electrons. The van der Waals surface area contributed by atoms with E-state index < -0.39 is 6.10 Å².